The van der Waals surface area contributed by atoms with Crippen molar-refractivity contribution in [2.24, 2.45) is 44.8 Å². The Balaban J connectivity index is 1.24. The smallest absolute Gasteiger partial charge is 0.306 e. The Labute approximate surface area is 248 Å². The van der Waals surface area contributed by atoms with Crippen molar-refractivity contribution in [3.63, 3.8) is 0 Å². The lowest BCUT2D eigenvalue weighted by molar-refractivity contribution is -0.300. The molecule has 0 aromatic carbocycles. The van der Waals surface area contributed by atoms with Crippen molar-refractivity contribution in [3.05, 3.63) is 11.6 Å². The van der Waals surface area contributed by atoms with Gasteiger partial charge in [-0.1, -0.05) is 46.3 Å². The zero-order valence-corrected chi connectivity index (χ0v) is 25.8. The second kappa shape index (κ2) is 9.03. The molecule has 0 aromatic heterocycles. The largest absolute Gasteiger partial charge is 0.462 e. The maximum atomic E-state index is 12.6. The minimum atomic E-state index is -1.31. The number of ether oxygens (including phenoxy) is 4. The summed E-state index contributed by atoms with van der Waals surface area (Å²) in [5.74, 6) is 0.225. The first-order valence-electron chi connectivity index (χ1n) is 16.0. The van der Waals surface area contributed by atoms with Gasteiger partial charge >= 0.3 is 11.9 Å². The van der Waals surface area contributed by atoms with Crippen LogP contribution in [-0.2, 0) is 28.5 Å². The van der Waals surface area contributed by atoms with Crippen molar-refractivity contribution in [2.75, 3.05) is 6.61 Å². The van der Waals surface area contributed by atoms with Gasteiger partial charge in [-0.05, 0) is 61.2 Å². The Kier molecular flexibility index (Phi) is 6.28. The molecule has 9 nitrogen and oxygen atoms in total. The summed E-state index contributed by atoms with van der Waals surface area (Å²) in [7, 11) is 0. The van der Waals surface area contributed by atoms with Gasteiger partial charge in [-0.2, -0.15) is 0 Å². The fourth-order valence-corrected chi connectivity index (χ4v) is 12.0. The third-order valence-corrected chi connectivity index (χ3v) is 13.9. The van der Waals surface area contributed by atoms with Crippen LogP contribution in [0.15, 0.2) is 11.6 Å². The van der Waals surface area contributed by atoms with Gasteiger partial charge in [0.05, 0.1) is 12.7 Å². The lowest BCUT2D eigenvalue weighted by Crippen LogP contribution is -2.60. The Hall–Kier alpha value is -1.52. The molecule has 2 heterocycles. The van der Waals surface area contributed by atoms with Gasteiger partial charge in [0, 0.05) is 35.5 Å². The number of carbonyl (C=O) groups is 2. The highest BCUT2D eigenvalue weighted by Crippen LogP contribution is 2.88. The highest BCUT2D eigenvalue weighted by Gasteiger charge is 2.83. The highest BCUT2D eigenvalue weighted by molar-refractivity contribution is 5.71. The van der Waals surface area contributed by atoms with Crippen LogP contribution in [0.5, 0.6) is 0 Å². The van der Waals surface area contributed by atoms with E-state index in [0.29, 0.717) is 12.3 Å². The Morgan fingerprint density at radius 3 is 2.52 bits per heavy atom. The van der Waals surface area contributed by atoms with Gasteiger partial charge in [-0.15, -0.1) is 0 Å². The Bertz CT molecular complexity index is 1210. The van der Waals surface area contributed by atoms with Crippen molar-refractivity contribution in [1.29, 1.82) is 0 Å². The molecule has 0 bridgehead atoms. The fourth-order valence-electron chi connectivity index (χ4n) is 12.0. The van der Waals surface area contributed by atoms with E-state index in [1.54, 1.807) is 0 Å². The van der Waals surface area contributed by atoms with E-state index in [9.17, 15) is 24.9 Å². The van der Waals surface area contributed by atoms with Crippen LogP contribution < -0.4 is 0 Å². The molecular formula is C33H48O9. The molecule has 6 fully saturated rings. The number of esters is 2. The third-order valence-electron chi connectivity index (χ3n) is 13.9. The van der Waals surface area contributed by atoms with E-state index in [1.807, 2.05) is 0 Å². The molecule has 0 radical (unpaired) electrons. The molecule has 42 heavy (non-hydrogen) atoms. The monoisotopic (exact) mass is 588 g/mol. The number of aliphatic hydroxyl groups excluding tert-OH is 3. The lowest BCUT2D eigenvalue weighted by Gasteiger charge is -2.62. The molecule has 14 atom stereocenters. The summed E-state index contributed by atoms with van der Waals surface area (Å²) in [6.45, 7) is 12.7. The van der Waals surface area contributed by atoms with Crippen LogP contribution in [0.4, 0.5) is 0 Å². The van der Waals surface area contributed by atoms with Crippen LogP contribution in [-0.4, -0.2) is 76.8 Å². The molecule has 0 amide bonds. The third kappa shape index (κ3) is 3.49. The standard InChI is InChI=1S/C33H48O9/c1-16-11-24(36)41-19-12-30(5)21-8-7-20-29(3,4)22(42-28-27(38)26(37)18(35)14-39-28)9-10-32(20)15-33(21,32)13-23(40-17(2)34)31(30,6)25(16)19/h8,16,18-20,22-23,25-28,35,37-38H,7,9-15H2,1-6H3/t16-,18-,19+,20?,22+,23-,25?,26+,27-,28+,30+,31-,32-,33+/m1/s1. The summed E-state index contributed by atoms with van der Waals surface area (Å²) in [5, 5.41) is 30.7. The minimum absolute atomic E-state index is 0.0565. The molecule has 5 aliphatic carbocycles. The van der Waals surface area contributed by atoms with Crippen molar-refractivity contribution in [1.82, 2.24) is 0 Å². The van der Waals surface area contributed by atoms with E-state index in [-0.39, 0.29) is 75.8 Å². The molecule has 2 spiro atoms. The van der Waals surface area contributed by atoms with Crippen LogP contribution in [0.25, 0.3) is 0 Å². The summed E-state index contributed by atoms with van der Waals surface area (Å²) in [5.41, 5.74) is 0.624. The number of fused-ring (bicyclic) bond motifs is 4. The average molecular weight is 589 g/mol. The van der Waals surface area contributed by atoms with Gasteiger partial charge in [0.1, 0.15) is 30.5 Å². The molecule has 2 unspecified atom stereocenters. The Morgan fingerprint density at radius 1 is 1.07 bits per heavy atom. The van der Waals surface area contributed by atoms with Crippen LogP contribution >= 0.6 is 0 Å². The molecule has 2 saturated heterocycles. The first-order valence-corrected chi connectivity index (χ1v) is 16.0. The predicted molar refractivity (Wildman–Crippen MR) is 149 cm³/mol. The number of hydrogen-bond acceptors (Lipinski definition) is 9. The zero-order valence-electron chi connectivity index (χ0n) is 25.8. The minimum Gasteiger partial charge on any atom is -0.462 e. The molecule has 7 rings (SSSR count). The number of allylic oxidation sites excluding steroid dienone is 2. The van der Waals surface area contributed by atoms with Crippen molar-refractivity contribution in [3.8, 4) is 0 Å². The summed E-state index contributed by atoms with van der Waals surface area (Å²) in [6.07, 6.45) is 2.78. The molecular weight excluding hydrogens is 540 g/mol. The maximum Gasteiger partial charge on any atom is 0.306 e. The summed E-state index contributed by atoms with van der Waals surface area (Å²) >= 11 is 0. The van der Waals surface area contributed by atoms with Crippen LogP contribution in [0.1, 0.15) is 86.5 Å². The summed E-state index contributed by atoms with van der Waals surface area (Å²) in [4.78, 5) is 25.1. The van der Waals surface area contributed by atoms with Gasteiger partial charge in [-0.3, -0.25) is 9.59 Å². The SMILES string of the molecule is CC(=O)O[C@@H]1C[C@@]23C[C@@]24CC[C@H](O[C@@H]2OC[C@@H](O)[C@H](O)[C@H]2O)C(C)(C)C4CC=C3[C@]2(C)C[C@@H]3OC(=O)C[C@@H](C)C3[C@@]12C. The molecule has 9 heteroatoms. The zero-order chi connectivity index (χ0) is 30.2. The quantitative estimate of drug-likeness (QED) is 0.336. The van der Waals surface area contributed by atoms with E-state index in [1.165, 1.54) is 12.5 Å². The van der Waals surface area contributed by atoms with E-state index >= 15 is 0 Å². The second-order valence-corrected chi connectivity index (χ2v) is 15.9. The summed E-state index contributed by atoms with van der Waals surface area (Å²) in [6, 6.07) is 0. The molecule has 3 N–H and O–H groups in total. The average Bonchev–Trinajstić information content (AvgIpc) is 3.48. The van der Waals surface area contributed by atoms with Gasteiger partial charge in [0.2, 0.25) is 0 Å². The molecule has 7 aliphatic rings. The number of aliphatic hydroxyl groups is 3. The van der Waals surface area contributed by atoms with Crippen molar-refractivity contribution in [2.45, 2.75) is 129 Å². The normalized spacial score (nSPS) is 55.5. The van der Waals surface area contributed by atoms with E-state index < -0.39 is 24.6 Å². The molecule has 2 aliphatic heterocycles. The number of hydrogen-bond donors (Lipinski definition) is 3. The van der Waals surface area contributed by atoms with Gasteiger partial charge in [-0.25, -0.2) is 0 Å². The first kappa shape index (κ1) is 29.2. The second-order valence-electron chi connectivity index (χ2n) is 15.9. The first-order chi connectivity index (χ1) is 19.6. The molecule has 0 aromatic rings. The number of carbonyl (C=O) groups excluding carboxylic acids is 2. The topological polar surface area (TPSA) is 132 Å². The maximum absolute atomic E-state index is 12.6. The van der Waals surface area contributed by atoms with Crippen LogP contribution in [0, 0.1) is 44.8 Å². The van der Waals surface area contributed by atoms with E-state index in [2.05, 4.69) is 40.7 Å². The van der Waals surface area contributed by atoms with Gasteiger partial charge < -0.3 is 34.3 Å². The predicted octanol–water partition coefficient (Wildman–Crippen LogP) is 3.27. The molecule has 234 valence electrons. The van der Waals surface area contributed by atoms with E-state index in [0.717, 1.165) is 38.5 Å². The fraction of sp³-hybridized carbons (Fsp3) is 0.879. The Morgan fingerprint density at radius 2 is 1.81 bits per heavy atom. The highest BCUT2D eigenvalue weighted by atomic mass is 16.7. The van der Waals surface area contributed by atoms with Crippen LogP contribution in [0.2, 0.25) is 0 Å². The summed E-state index contributed by atoms with van der Waals surface area (Å²) < 4.78 is 24.4. The van der Waals surface area contributed by atoms with Crippen molar-refractivity contribution < 1.29 is 43.9 Å². The molecule has 4 saturated carbocycles. The van der Waals surface area contributed by atoms with Gasteiger partial charge in [0.15, 0.2) is 6.29 Å². The lowest BCUT2D eigenvalue weighted by atomic mass is 9.44. The number of rotatable bonds is 3. The van der Waals surface area contributed by atoms with E-state index in [4.69, 9.17) is 18.9 Å². The van der Waals surface area contributed by atoms with Crippen molar-refractivity contribution >= 4 is 11.9 Å². The van der Waals surface area contributed by atoms with Crippen LogP contribution in [0.3, 0.4) is 0 Å². The van der Waals surface area contributed by atoms with Gasteiger partial charge in [0.25, 0.3) is 0 Å².